The first-order valence-electron chi connectivity index (χ1n) is 8.52. The first kappa shape index (κ1) is 16.4. The van der Waals surface area contributed by atoms with Gasteiger partial charge in [0.25, 0.3) is 0 Å². The van der Waals surface area contributed by atoms with Crippen molar-refractivity contribution in [3.05, 3.63) is 29.3 Å². The van der Waals surface area contributed by atoms with Gasteiger partial charge in [-0.1, -0.05) is 12.1 Å². The van der Waals surface area contributed by atoms with Crippen LogP contribution in [0.3, 0.4) is 0 Å². The highest BCUT2D eigenvalue weighted by molar-refractivity contribution is 5.89. The highest BCUT2D eigenvalue weighted by Gasteiger charge is 2.19. The monoisotopic (exact) mass is 318 g/mol. The minimum atomic E-state index is -0.0108. The van der Waals surface area contributed by atoms with Crippen molar-refractivity contribution in [2.75, 3.05) is 38.2 Å². The second-order valence-electron chi connectivity index (χ2n) is 6.36. The SMILES string of the molecule is CC(=O)Nc1cccc2c1CCN(CCOC[C@H]1CCCO1)C2. The zero-order chi connectivity index (χ0) is 16.1. The number of carbonyl (C=O) groups is 1. The number of hydrogen-bond acceptors (Lipinski definition) is 4. The molecule has 1 aromatic rings. The third-order valence-electron chi connectivity index (χ3n) is 4.54. The van der Waals surface area contributed by atoms with Crippen molar-refractivity contribution < 1.29 is 14.3 Å². The molecule has 2 aliphatic heterocycles. The summed E-state index contributed by atoms with van der Waals surface area (Å²) in [5.74, 6) is -0.0108. The Morgan fingerprint density at radius 3 is 3.17 bits per heavy atom. The molecule has 0 spiro atoms. The van der Waals surface area contributed by atoms with Gasteiger partial charge in [-0.15, -0.1) is 0 Å². The van der Waals surface area contributed by atoms with Crippen LogP contribution in [0.15, 0.2) is 18.2 Å². The van der Waals surface area contributed by atoms with Gasteiger partial charge in [0.2, 0.25) is 5.91 Å². The van der Waals surface area contributed by atoms with Crippen molar-refractivity contribution in [1.82, 2.24) is 4.90 Å². The van der Waals surface area contributed by atoms with E-state index in [1.807, 2.05) is 12.1 Å². The van der Waals surface area contributed by atoms with Gasteiger partial charge in [-0.25, -0.2) is 0 Å². The van der Waals surface area contributed by atoms with Crippen LogP contribution >= 0.6 is 0 Å². The number of fused-ring (bicyclic) bond motifs is 1. The van der Waals surface area contributed by atoms with E-state index >= 15 is 0 Å². The van der Waals surface area contributed by atoms with E-state index in [1.165, 1.54) is 11.1 Å². The predicted molar refractivity (Wildman–Crippen MR) is 89.5 cm³/mol. The lowest BCUT2D eigenvalue weighted by Gasteiger charge is -2.30. The molecule has 0 radical (unpaired) electrons. The number of amides is 1. The fourth-order valence-corrected chi connectivity index (χ4v) is 3.35. The van der Waals surface area contributed by atoms with Gasteiger partial charge < -0.3 is 14.8 Å². The van der Waals surface area contributed by atoms with Gasteiger partial charge in [-0.05, 0) is 36.5 Å². The van der Waals surface area contributed by atoms with E-state index in [9.17, 15) is 4.79 Å². The molecule has 23 heavy (non-hydrogen) atoms. The fraction of sp³-hybridized carbons (Fsp3) is 0.611. The van der Waals surface area contributed by atoms with Gasteiger partial charge in [0.1, 0.15) is 0 Å². The third kappa shape index (κ3) is 4.53. The third-order valence-corrected chi connectivity index (χ3v) is 4.54. The second kappa shape index (κ2) is 7.90. The van der Waals surface area contributed by atoms with E-state index in [4.69, 9.17) is 9.47 Å². The van der Waals surface area contributed by atoms with Crippen LogP contribution in [0.2, 0.25) is 0 Å². The molecule has 5 heteroatoms. The molecule has 1 N–H and O–H groups in total. The zero-order valence-electron chi connectivity index (χ0n) is 13.8. The standard InChI is InChI=1S/C18H26N2O3/c1-14(21)19-18-6-2-4-15-12-20(8-7-17(15)18)9-11-22-13-16-5-3-10-23-16/h2,4,6,16H,3,5,7-13H2,1H3,(H,19,21)/t16-/m1/s1. The summed E-state index contributed by atoms with van der Waals surface area (Å²) in [4.78, 5) is 13.7. The van der Waals surface area contributed by atoms with Crippen LogP contribution < -0.4 is 5.32 Å². The van der Waals surface area contributed by atoms with Crippen LogP contribution in [0.4, 0.5) is 5.69 Å². The van der Waals surface area contributed by atoms with E-state index in [0.29, 0.717) is 6.10 Å². The number of anilines is 1. The average molecular weight is 318 g/mol. The van der Waals surface area contributed by atoms with Gasteiger partial charge in [0.05, 0.1) is 19.3 Å². The topological polar surface area (TPSA) is 50.8 Å². The number of hydrogen-bond donors (Lipinski definition) is 1. The summed E-state index contributed by atoms with van der Waals surface area (Å²) in [7, 11) is 0. The van der Waals surface area contributed by atoms with E-state index in [2.05, 4.69) is 16.3 Å². The number of nitrogens with zero attached hydrogens (tertiary/aromatic N) is 1. The number of nitrogens with one attached hydrogen (secondary N) is 1. The van der Waals surface area contributed by atoms with Crippen LogP contribution in [0.25, 0.3) is 0 Å². The molecule has 1 amide bonds. The Kier molecular flexibility index (Phi) is 5.65. The predicted octanol–water partition coefficient (Wildman–Crippen LogP) is 2.20. The van der Waals surface area contributed by atoms with E-state index in [1.54, 1.807) is 6.92 Å². The van der Waals surface area contributed by atoms with Gasteiger partial charge in [0.15, 0.2) is 0 Å². The lowest BCUT2D eigenvalue weighted by Crippen LogP contribution is -2.34. The second-order valence-corrected chi connectivity index (χ2v) is 6.36. The number of benzene rings is 1. The average Bonchev–Trinajstić information content (AvgIpc) is 3.04. The maximum atomic E-state index is 11.3. The van der Waals surface area contributed by atoms with Crippen molar-refractivity contribution >= 4 is 11.6 Å². The molecule has 5 nitrogen and oxygen atoms in total. The van der Waals surface area contributed by atoms with Crippen molar-refractivity contribution in [3.63, 3.8) is 0 Å². The Morgan fingerprint density at radius 1 is 1.48 bits per heavy atom. The van der Waals surface area contributed by atoms with Crippen molar-refractivity contribution in [2.45, 2.75) is 38.8 Å². The summed E-state index contributed by atoms with van der Waals surface area (Å²) in [6, 6.07) is 6.15. The quantitative estimate of drug-likeness (QED) is 0.817. The Morgan fingerprint density at radius 2 is 2.39 bits per heavy atom. The molecule has 0 aromatic heterocycles. The molecule has 0 bridgehead atoms. The largest absolute Gasteiger partial charge is 0.377 e. The summed E-state index contributed by atoms with van der Waals surface area (Å²) in [5.41, 5.74) is 3.55. The van der Waals surface area contributed by atoms with Gasteiger partial charge in [-0.2, -0.15) is 0 Å². The van der Waals surface area contributed by atoms with E-state index in [-0.39, 0.29) is 5.91 Å². The Hall–Kier alpha value is -1.43. The highest BCUT2D eigenvalue weighted by atomic mass is 16.5. The summed E-state index contributed by atoms with van der Waals surface area (Å²) in [6.07, 6.45) is 3.56. The molecule has 1 atom stereocenters. The Bertz CT molecular complexity index is 541. The maximum Gasteiger partial charge on any atom is 0.221 e. The van der Waals surface area contributed by atoms with Gasteiger partial charge in [-0.3, -0.25) is 9.69 Å². The molecule has 3 rings (SSSR count). The molecule has 1 fully saturated rings. The first-order valence-corrected chi connectivity index (χ1v) is 8.52. The first-order chi connectivity index (χ1) is 11.2. The van der Waals surface area contributed by atoms with Crippen molar-refractivity contribution in [3.8, 4) is 0 Å². The van der Waals surface area contributed by atoms with Crippen LogP contribution in [-0.4, -0.2) is 49.8 Å². The molecule has 2 aliphatic rings. The van der Waals surface area contributed by atoms with Crippen molar-refractivity contribution in [1.29, 1.82) is 0 Å². The Labute approximate surface area is 137 Å². The van der Waals surface area contributed by atoms with Crippen LogP contribution in [-0.2, 0) is 27.2 Å². The van der Waals surface area contributed by atoms with Crippen LogP contribution in [0.5, 0.6) is 0 Å². The van der Waals surface area contributed by atoms with Crippen molar-refractivity contribution in [2.24, 2.45) is 0 Å². The van der Waals surface area contributed by atoms with Crippen LogP contribution in [0.1, 0.15) is 30.9 Å². The molecule has 1 saturated heterocycles. The van der Waals surface area contributed by atoms with E-state index in [0.717, 1.165) is 64.4 Å². The number of carbonyl (C=O) groups excluding carboxylic acids is 1. The summed E-state index contributed by atoms with van der Waals surface area (Å²) >= 11 is 0. The molecule has 0 aliphatic carbocycles. The maximum absolute atomic E-state index is 11.3. The summed E-state index contributed by atoms with van der Waals surface area (Å²) in [6.45, 7) is 6.78. The highest BCUT2D eigenvalue weighted by Crippen LogP contribution is 2.26. The minimum absolute atomic E-state index is 0.0108. The van der Waals surface area contributed by atoms with Gasteiger partial charge >= 0.3 is 0 Å². The molecular formula is C18H26N2O3. The smallest absolute Gasteiger partial charge is 0.221 e. The fourth-order valence-electron chi connectivity index (χ4n) is 3.35. The molecule has 0 unspecified atom stereocenters. The lowest BCUT2D eigenvalue weighted by molar-refractivity contribution is -0.114. The molecular weight excluding hydrogens is 292 g/mol. The molecule has 1 aromatic carbocycles. The lowest BCUT2D eigenvalue weighted by atomic mass is 9.97. The normalized spacial score (nSPS) is 21.2. The summed E-state index contributed by atoms with van der Waals surface area (Å²) < 4.78 is 11.3. The van der Waals surface area contributed by atoms with Crippen LogP contribution in [0, 0.1) is 0 Å². The molecule has 126 valence electrons. The van der Waals surface area contributed by atoms with E-state index < -0.39 is 0 Å². The Balaban J connectivity index is 1.47. The number of rotatable bonds is 6. The molecule has 0 saturated carbocycles. The zero-order valence-corrected chi connectivity index (χ0v) is 13.8. The minimum Gasteiger partial charge on any atom is -0.377 e. The van der Waals surface area contributed by atoms with Gasteiger partial charge in [0, 0.05) is 38.9 Å². The molecule has 2 heterocycles. The summed E-state index contributed by atoms with van der Waals surface area (Å²) in [5, 5.41) is 2.94. The number of ether oxygens (including phenoxy) is 2.